The Balaban J connectivity index is 2.21. The second kappa shape index (κ2) is 5.64. The quantitative estimate of drug-likeness (QED) is 0.754. The molecule has 2 heterocycles. The van der Waals surface area contributed by atoms with Gasteiger partial charge in [-0.25, -0.2) is 14.5 Å². The smallest absolute Gasteiger partial charge is 0.377 e. The van der Waals surface area contributed by atoms with Gasteiger partial charge in [0.1, 0.15) is 18.5 Å². The molecule has 8 heteroatoms. The Morgan fingerprint density at radius 2 is 2.32 bits per heavy atom. The number of ether oxygens (including phenoxy) is 3. The zero-order valence-corrected chi connectivity index (χ0v) is 11.0. The molecule has 0 aliphatic carbocycles. The van der Waals surface area contributed by atoms with E-state index < -0.39 is 24.4 Å². The van der Waals surface area contributed by atoms with E-state index in [9.17, 15) is 9.90 Å². The Morgan fingerprint density at radius 3 is 2.89 bits per heavy atom. The Kier molecular flexibility index (Phi) is 4.13. The molecule has 19 heavy (non-hydrogen) atoms. The van der Waals surface area contributed by atoms with Crippen molar-refractivity contribution < 1.29 is 24.1 Å². The first-order chi connectivity index (χ1) is 9.12. The molecule has 106 valence electrons. The molecule has 1 N–H and O–H groups in total. The highest BCUT2D eigenvalue weighted by Gasteiger charge is 2.44. The molecule has 0 unspecified atom stereocenters. The van der Waals surface area contributed by atoms with Crippen molar-refractivity contribution in [3.05, 3.63) is 12.2 Å². The van der Waals surface area contributed by atoms with Crippen LogP contribution in [0.1, 0.15) is 30.2 Å². The predicted octanol–water partition coefficient (Wildman–Crippen LogP) is -0.252. The molecule has 1 aromatic heterocycles. The second-order valence-electron chi connectivity index (χ2n) is 4.20. The van der Waals surface area contributed by atoms with Gasteiger partial charge in [0.2, 0.25) is 0 Å². The number of methoxy groups -OCH3 is 2. The summed E-state index contributed by atoms with van der Waals surface area (Å²) >= 11 is 0. The first-order valence-corrected chi connectivity index (χ1v) is 5.98. The van der Waals surface area contributed by atoms with Gasteiger partial charge in [-0.2, -0.15) is 0 Å². The molecule has 0 radical (unpaired) electrons. The number of rotatable bonds is 4. The van der Waals surface area contributed by atoms with Crippen molar-refractivity contribution in [1.82, 2.24) is 14.8 Å². The molecule has 4 atom stereocenters. The van der Waals surface area contributed by atoms with Crippen LogP contribution in [0.25, 0.3) is 0 Å². The molecule has 8 nitrogen and oxygen atoms in total. The van der Waals surface area contributed by atoms with E-state index in [1.165, 1.54) is 25.2 Å². The molecular formula is C11H17N3O5. The molecule has 0 aromatic carbocycles. The lowest BCUT2D eigenvalue weighted by molar-refractivity contribution is -0.0586. The minimum Gasteiger partial charge on any atom is -0.463 e. The van der Waals surface area contributed by atoms with Crippen molar-refractivity contribution in [2.24, 2.45) is 0 Å². The molecular weight excluding hydrogens is 254 g/mol. The van der Waals surface area contributed by atoms with Gasteiger partial charge >= 0.3 is 5.97 Å². The van der Waals surface area contributed by atoms with Crippen LogP contribution in [0, 0.1) is 0 Å². The van der Waals surface area contributed by atoms with E-state index in [4.69, 9.17) is 9.47 Å². The lowest BCUT2D eigenvalue weighted by atomic mass is 10.1. The van der Waals surface area contributed by atoms with Gasteiger partial charge in [-0.1, -0.05) is 6.92 Å². The van der Waals surface area contributed by atoms with Crippen LogP contribution in [0.5, 0.6) is 0 Å². The van der Waals surface area contributed by atoms with Crippen molar-refractivity contribution >= 4 is 5.97 Å². The van der Waals surface area contributed by atoms with E-state index in [1.54, 1.807) is 0 Å². The molecule has 1 fully saturated rings. The fraction of sp³-hybridized carbons (Fsp3) is 0.727. The maximum Gasteiger partial charge on any atom is 0.377 e. The first-order valence-electron chi connectivity index (χ1n) is 5.98. The highest BCUT2D eigenvalue weighted by atomic mass is 16.6. The van der Waals surface area contributed by atoms with Gasteiger partial charge in [-0.05, 0) is 6.42 Å². The van der Waals surface area contributed by atoms with Gasteiger partial charge < -0.3 is 19.3 Å². The number of carbonyl (C=O) groups is 1. The average Bonchev–Trinajstić information content (AvgIpc) is 3.01. The summed E-state index contributed by atoms with van der Waals surface area (Å²) in [5.74, 6) is -0.686. The summed E-state index contributed by atoms with van der Waals surface area (Å²) in [6.45, 7) is 1.91. The molecule has 0 amide bonds. The summed E-state index contributed by atoms with van der Waals surface area (Å²) in [7, 11) is 2.74. The number of hydrogen-bond acceptors (Lipinski definition) is 7. The van der Waals surface area contributed by atoms with Gasteiger partial charge in [0.05, 0.1) is 13.2 Å². The SMILES string of the molecule is CC[C@H]1O[C@@H](n2cnc(C(=O)OC)n2)[C@H](OC)[C@@H]1O. The Hall–Kier alpha value is -1.51. The lowest BCUT2D eigenvalue weighted by Crippen LogP contribution is -2.33. The number of hydrogen-bond donors (Lipinski definition) is 1. The van der Waals surface area contributed by atoms with E-state index in [-0.39, 0.29) is 11.9 Å². The van der Waals surface area contributed by atoms with Gasteiger partial charge in [-0.3, -0.25) is 0 Å². The summed E-state index contributed by atoms with van der Waals surface area (Å²) in [4.78, 5) is 15.1. The zero-order valence-electron chi connectivity index (χ0n) is 11.0. The van der Waals surface area contributed by atoms with Crippen LogP contribution in [0.4, 0.5) is 0 Å². The Labute approximate surface area is 110 Å². The maximum atomic E-state index is 11.3. The number of aliphatic hydroxyl groups excluding tert-OH is 1. The number of nitrogens with zero attached hydrogens (tertiary/aromatic N) is 3. The zero-order chi connectivity index (χ0) is 14.0. The number of aromatic nitrogens is 3. The van der Waals surface area contributed by atoms with Gasteiger partial charge in [-0.15, -0.1) is 5.10 Å². The van der Waals surface area contributed by atoms with Crippen LogP contribution >= 0.6 is 0 Å². The minimum atomic E-state index is -0.745. The van der Waals surface area contributed by atoms with Crippen molar-refractivity contribution in [2.45, 2.75) is 37.9 Å². The Morgan fingerprint density at radius 1 is 1.58 bits per heavy atom. The summed E-state index contributed by atoms with van der Waals surface area (Å²) < 4.78 is 16.8. The van der Waals surface area contributed by atoms with Crippen molar-refractivity contribution in [2.75, 3.05) is 14.2 Å². The van der Waals surface area contributed by atoms with Gasteiger partial charge in [0.25, 0.3) is 5.82 Å². The van der Waals surface area contributed by atoms with Crippen LogP contribution in [-0.2, 0) is 14.2 Å². The lowest BCUT2D eigenvalue weighted by Gasteiger charge is -2.18. The van der Waals surface area contributed by atoms with E-state index in [0.717, 1.165) is 0 Å². The normalized spacial score (nSPS) is 30.5. The van der Waals surface area contributed by atoms with Crippen molar-refractivity contribution in [1.29, 1.82) is 0 Å². The molecule has 0 bridgehead atoms. The van der Waals surface area contributed by atoms with E-state index in [0.29, 0.717) is 6.42 Å². The number of carbonyl (C=O) groups excluding carboxylic acids is 1. The third kappa shape index (κ3) is 2.46. The van der Waals surface area contributed by atoms with Gasteiger partial charge in [0.15, 0.2) is 6.23 Å². The molecule has 1 aliphatic rings. The molecule has 0 spiro atoms. The van der Waals surface area contributed by atoms with E-state index >= 15 is 0 Å². The van der Waals surface area contributed by atoms with Gasteiger partial charge in [0, 0.05) is 7.11 Å². The van der Waals surface area contributed by atoms with Crippen LogP contribution in [0.2, 0.25) is 0 Å². The van der Waals surface area contributed by atoms with E-state index in [2.05, 4.69) is 14.8 Å². The number of esters is 1. The summed E-state index contributed by atoms with van der Waals surface area (Å²) in [6, 6.07) is 0. The van der Waals surface area contributed by atoms with Crippen LogP contribution < -0.4 is 0 Å². The highest BCUT2D eigenvalue weighted by molar-refractivity contribution is 5.84. The van der Waals surface area contributed by atoms with Crippen LogP contribution in [0.15, 0.2) is 6.33 Å². The first kappa shape index (κ1) is 13.9. The molecule has 2 rings (SSSR count). The van der Waals surface area contributed by atoms with Crippen LogP contribution in [-0.4, -0.2) is 58.4 Å². The predicted molar refractivity (Wildman–Crippen MR) is 62.4 cm³/mol. The minimum absolute atomic E-state index is 0.0598. The van der Waals surface area contributed by atoms with E-state index in [1.807, 2.05) is 6.92 Å². The van der Waals surface area contributed by atoms with Crippen molar-refractivity contribution in [3.8, 4) is 0 Å². The summed E-state index contributed by atoms with van der Waals surface area (Å²) in [5.41, 5.74) is 0. The number of aliphatic hydroxyl groups is 1. The largest absolute Gasteiger partial charge is 0.463 e. The molecule has 1 saturated heterocycles. The Bertz CT molecular complexity index is 449. The summed E-state index contributed by atoms with van der Waals surface area (Å²) in [5, 5.41) is 14.0. The highest BCUT2D eigenvalue weighted by Crippen LogP contribution is 2.32. The fourth-order valence-corrected chi connectivity index (χ4v) is 2.11. The molecule has 1 aliphatic heterocycles. The monoisotopic (exact) mass is 271 g/mol. The third-order valence-corrected chi connectivity index (χ3v) is 3.12. The fourth-order valence-electron chi connectivity index (χ4n) is 2.11. The average molecular weight is 271 g/mol. The van der Waals surface area contributed by atoms with Crippen LogP contribution in [0.3, 0.4) is 0 Å². The molecule has 1 aromatic rings. The maximum absolute atomic E-state index is 11.3. The van der Waals surface area contributed by atoms with Crippen molar-refractivity contribution in [3.63, 3.8) is 0 Å². The summed E-state index contributed by atoms with van der Waals surface area (Å²) in [6.07, 6.45) is -0.247. The second-order valence-corrected chi connectivity index (χ2v) is 4.20. The standard InChI is InChI=1S/C11H17N3O5/c1-4-6-7(15)8(17-2)10(19-6)14-5-12-9(13-14)11(16)18-3/h5-8,10,15H,4H2,1-3H3/t6-,7-,8-,10-/m1/s1. The third-order valence-electron chi connectivity index (χ3n) is 3.12. The topological polar surface area (TPSA) is 95.7 Å². The molecule has 0 saturated carbocycles.